The molecule has 0 bridgehead atoms. The van der Waals surface area contributed by atoms with Crippen LogP contribution in [0, 0.1) is 0 Å². The number of piperidine rings is 1. The maximum absolute atomic E-state index is 11.9. The van der Waals surface area contributed by atoms with Crippen LogP contribution < -0.4 is 10.6 Å². The molecule has 2 N–H and O–H groups in total. The van der Waals surface area contributed by atoms with Crippen molar-refractivity contribution < 1.29 is 4.79 Å². The second kappa shape index (κ2) is 11.4. The van der Waals surface area contributed by atoms with Gasteiger partial charge in [0.15, 0.2) is 5.96 Å². The number of carbonyl (C=O) groups excluding carboxylic acids is 1. The van der Waals surface area contributed by atoms with E-state index in [4.69, 9.17) is 11.6 Å². The fourth-order valence-electron chi connectivity index (χ4n) is 3.69. The van der Waals surface area contributed by atoms with E-state index in [2.05, 4.69) is 39.6 Å². The highest BCUT2D eigenvalue weighted by atomic mass is 127. The zero-order valence-corrected chi connectivity index (χ0v) is 20.6. The molecule has 3 rings (SSSR count). The van der Waals surface area contributed by atoms with Gasteiger partial charge in [-0.2, -0.15) is 0 Å². The summed E-state index contributed by atoms with van der Waals surface area (Å²) in [7, 11) is 3.62. The number of guanidine groups is 1. The van der Waals surface area contributed by atoms with E-state index in [0.717, 1.165) is 49.9 Å². The first kappa shape index (κ1) is 24.2. The summed E-state index contributed by atoms with van der Waals surface area (Å²) in [6, 6.07) is 8.94. The van der Waals surface area contributed by atoms with Gasteiger partial charge >= 0.3 is 0 Å². The lowest BCUT2D eigenvalue weighted by molar-refractivity contribution is -0.130. The number of halogens is 2. The first-order valence-corrected chi connectivity index (χ1v) is 10.6. The third-order valence-corrected chi connectivity index (χ3v) is 5.73. The zero-order chi connectivity index (χ0) is 20.1. The van der Waals surface area contributed by atoms with Crippen molar-refractivity contribution in [2.24, 2.45) is 4.99 Å². The van der Waals surface area contributed by atoms with Crippen LogP contribution in [0.3, 0.4) is 0 Å². The molecule has 2 aliphatic rings. The molecule has 0 radical (unpaired) electrons. The smallest absolute Gasteiger partial charge is 0.236 e. The van der Waals surface area contributed by atoms with Gasteiger partial charge in [-0.05, 0) is 43.9 Å². The van der Waals surface area contributed by atoms with Crippen molar-refractivity contribution in [3.8, 4) is 0 Å². The lowest BCUT2D eigenvalue weighted by Crippen LogP contribution is -2.50. The molecule has 162 valence electrons. The SMILES string of the molecule is CCN=C(NC1CCN(CC(=O)N(C)C)CC1)NC1CC1c1cccc(Cl)c1.I. The Labute approximate surface area is 196 Å². The molecule has 1 aromatic carbocycles. The van der Waals surface area contributed by atoms with Crippen LogP contribution in [0.1, 0.15) is 37.7 Å². The Kier molecular flexibility index (Phi) is 9.49. The van der Waals surface area contributed by atoms with Gasteiger partial charge in [-0.1, -0.05) is 23.7 Å². The van der Waals surface area contributed by atoms with Gasteiger partial charge in [0.1, 0.15) is 0 Å². The summed E-state index contributed by atoms with van der Waals surface area (Å²) in [6.07, 6.45) is 3.15. The van der Waals surface area contributed by atoms with Crippen LogP contribution >= 0.6 is 35.6 Å². The topological polar surface area (TPSA) is 60.0 Å². The molecule has 8 heteroatoms. The molecule has 6 nitrogen and oxygen atoms in total. The van der Waals surface area contributed by atoms with Crippen molar-refractivity contribution >= 4 is 47.4 Å². The molecule has 1 heterocycles. The van der Waals surface area contributed by atoms with Crippen LogP contribution in [0.15, 0.2) is 29.3 Å². The quantitative estimate of drug-likeness (QED) is 0.335. The van der Waals surface area contributed by atoms with Crippen molar-refractivity contribution in [2.45, 2.75) is 44.2 Å². The fourth-order valence-corrected chi connectivity index (χ4v) is 3.89. The number of nitrogens with one attached hydrogen (secondary N) is 2. The Morgan fingerprint density at radius 1 is 1.28 bits per heavy atom. The molecule has 1 aliphatic carbocycles. The summed E-state index contributed by atoms with van der Waals surface area (Å²) >= 11 is 6.13. The number of carbonyl (C=O) groups is 1. The lowest BCUT2D eigenvalue weighted by atomic mass is 10.1. The van der Waals surface area contributed by atoms with Gasteiger partial charge in [0.05, 0.1) is 6.54 Å². The molecule has 1 aromatic rings. The van der Waals surface area contributed by atoms with Gasteiger partial charge in [0, 0.05) is 56.8 Å². The number of hydrogen-bond donors (Lipinski definition) is 2. The highest BCUT2D eigenvalue weighted by Gasteiger charge is 2.39. The van der Waals surface area contributed by atoms with E-state index in [1.807, 2.05) is 26.2 Å². The van der Waals surface area contributed by atoms with E-state index in [9.17, 15) is 4.79 Å². The van der Waals surface area contributed by atoms with E-state index in [0.29, 0.717) is 24.5 Å². The molecular weight excluding hydrogens is 501 g/mol. The van der Waals surface area contributed by atoms with Crippen LogP contribution in [0.25, 0.3) is 0 Å². The van der Waals surface area contributed by atoms with Gasteiger partial charge in [0.25, 0.3) is 0 Å². The van der Waals surface area contributed by atoms with Crippen molar-refractivity contribution in [3.05, 3.63) is 34.9 Å². The normalized spacial score (nSPS) is 22.6. The zero-order valence-electron chi connectivity index (χ0n) is 17.5. The van der Waals surface area contributed by atoms with Gasteiger partial charge in [-0.25, -0.2) is 0 Å². The van der Waals surface area contributed by atoms with Gasteiger partial charge < -0.3 is 15.5 Å². The summed E-state index contributed by atoms with van der Waals surface area (Å²) in [6.45, 7) is 5.19. The molecule has 2 atom stereocenters. The molecule has 2 unspecified atom stereocenters. The standard InChI is InChI=1S/C21H32ClN5O.HI/c1-4-23-21(25-19-13-18(19)15-6-5-7-16(22)12-15)24-17-8-10-27(11-9-17)14-20(28)26(2)3;/h5-7,12,17-19H,4,8-11,13-14H2,1-3H3,(H2,23,24,25);1H. The number of benzene rings is 1. The Balaban J connectivity index is 0.00000300. The highest BCUT2D eigenvalue weighted by molar-refractivity contribution is 14.0. The molecule has 29 heavy (non-hydrogen) atoms. The molecule has 1 amide bonds. The monoisotopic (exact) mass is 533 g/mol. The van der Waals surface area contributed by atoms with Crippen molar-refractivity contribution in [2.75, 3.05) is 40.3 Å². The van der Waals surface area contributed by atoms with Gasteiger partial charge in [-0.3, -0.25) is 14.7 Å². The summed E-state index contributed by atoms with van der Waals surface area (Å²) in [5, 5.41) is 7.98. The number of hydrogen-bond acceptors (Lipinski definition) is 3. The van der Waals surface area contributed by atoms with Crippen LogP contribution in [-0.2, 0) is 4.79 Å². The van der Waals surface area contributed by atoms with Gasteiger partial charge in [0.2, 0.25) is 5.91 Å². The average Bonchev–Trinajstić information content (AvgIpc) is 3.42. The van der Waals surface area contributed by atoms with Crippen LogP contribution in [-0.4, -0.2) is 74.0 Å². The molecule has 1 saturated heterocycles. The van der Waals surface area contributed by atoms with E-state index >= 15 is 0 Å². The largest absolute Gasteiger partial charge is 0.354 e. The molecule has 0 spiro atoms. The Morgan fingerprint density at radius 3 is 2.62 bits per heavy atom. The van der Waals surface area contributed by atoms with Crippen LogP contribution in [0.2, 0.25) is 5.02 Å². The number of likely N-dealkylation sites (N-methyl/N-ethyl adjacent to an activating group) is 1. The Hall–Kier alpha value is -1.06. The molecule has 1 aliphatic heterocycles. The number of likely N-dealkylation sites (tertiary alicyclic amines) is 1. The predicted molar refractivity (Wildman–Crippen MR) is 130 cm³/mol. The van der Waals surface area contributed by atoms with Gasteiger partial charge in [-0.15, -0.1) is 24.0 Å². The summed E-state index contributed by atoms with van der Waals surface area (Å²) in [4.78, 5) is 20.4. The fraction of sp³-hybridized carbons (Fsp3) is 0.619. The minimum absolute atomic E-state index is 0. The second-order valence-electron chi connectivity index (χ2n) is 7.95. The average molecular weight is 534 g/mol. The highest BCUT2D eigenvalue weighted by Crippen LogP contribution is 2.41. The summed E-state index contributed by atoms with van der Waals surface area (Å²) < 4.78 is 0. The minimum Gasteiger partial charge on any atom is -0.354 e. The number of amides is 1. The molecular formula is C21H33ClIN5O. The lowest BCUT2D eigenvalue weighted by Gasteiger charge is -2.33. The van der Waals surface area contributed by atoms with Crippen LogP contribution in [0.4, 0.5) is 0 Å². The molecule has 0 aromatic heterocycles. The molecule has 1 saturated carbocycles. The third kappa shape index (κ3) is 7.29. The Bertz CT molecular complexity index is 706. The summed E-state index contributed by atoms with van der Waals surface area (Å²) in [5.41, 5.74) is 1.29. The Morgan fingerprint density at radius 2 is 2.00 bits per heavy atom. The molecule has 2 fully saturated rings. The van der Waals surface area contributed by atoms with Crippen LogP contribution in [0.5, 0.6) is 0 Å². The first-order valence-electron chi connectivity index (χ1n) is 10.2. The number of rotatable bonds is 6. The van der Waals surface area contributed by atoms with Crippen molar-refractivity contribution in [1.29, 1.82) is 0 Å². The second-order valence-corrected chi connectivity index (χ2v) is 8.39. The van der Waals surface area contributed by atoms with Crippen molar-refractivity contribution in [3.63, 3.8) is 0 Å². The summed E-state index contributed by atoms with van der Waals surface area (Å²) in [5.74, 6) is 1.57. The third-order valence-electron chi connectivity index (χ3n) is 5.49. The predicted octanol–water partition coefficient (Wildman–Crippen LogP) is 2.92. The number of nitrogens with zero attached hydrogens (tertiary/aromatic N) is 3. The maximum atomic E-state index is 11.9. The maximum Gasteiger partial charge on any atom is 0.236 e. The first-order chi connectivity index (χ1) is 13.5. The van der Waals surface area contributed by atoms with Crippen molar-refractivity contribution in [1.82, 2.24) is 20.4 Å². The van der Waals surface area contributed by atoms with E-state index in [1.54, 1.807) is 4.90 Å². The van der Waals surface area contributed by atoms with E-state index in [-0.39, 0.29) is 29.9 Å². The van der Waals surface area contributed by atoms with E-state index < -0.39 is 0 Å². The van der Waals surface area contributed by atoms with E-state index in [1.165, 1.54) is 5.56 Å². The number of aliphatic imine (C=N–C) groups is 1. The minimum atomic E-state index is 0.